The van der Waals surface area contributed by atoms with Crippen molar-refractivity contribution in [2.24, 2.45) is 0 Å². The maximum atomic E-state index is 12.1. The van der Waals surface area contributed by atoms with Crippen LogP contribution in [0.25, 0.3) is 0 Å². The number of rotatable bonds is 6. The van der Waals surface area contributed by atoms with Gasteiger partial charge in [0.15, 0.2) is 0 Å². The molecular weight excluding hydrogens is 218 g/mol. The standard InChI is InChI=1S/C12H21N3O2/c1-4-10-9-11(15(5-2)13-10)12(17)14(3)7-6-8-16/h9,16H,4-8H2,1-3H3. The van der Waals surface area contributed by atoms with Crippen molar-refractivity contribution in [2.75, 3.05) is 20.2 Å². The van der Waals surface area contributed by atoms with Gasteiger partial charge in [0.25, 0.3) is 5.91 Å². The van der Waals surface area contributed by atoms with Crippen LogP contribution in [0.2, 0.25) is 0 Å². The van der Waals surface area contributed by atoms with Gasteiger partial charge in [0.05, 0.1) is 5.69 Å². The molecule has 1 N–H and O–H groups in total. The molecule has 1 heterocycles. The van der Waals surface area contributed by atoms with Gasteiger partial charge in [0.2, 0.25) is 0 Å². The molecule has 0 saturated heterocycles. The number of carbonyl (C=O) groups is 1. The van der Waals surface area contributed by atoms with Gasteiger partial charge in [-0.05, 0) is 25.8 Å². The molecule has 0 aliphatic heterocycles. The second-order valence-electron chi connectivity index (χ2n) is 3.99. The van der Waals surface area contributed by atoms with Crippen LogP contribution < -0.4 is 0 Å². The molecule has 5 heteroatoms. The third kappa shape index (κ3) is 3.30. The van der Waals surface area contributed by atoms with E-state index in [1.54, 1.807) is 16.6 Å². The fraction of sp³-hybridized carbons (Fsp3) is 0.667. The zero-order valence-electron chi connectivity index (χ0n) is 10.8. The van der Waals surface area contributed by atoms with Gasteiger partial charge in [-0.25, -0.2) is 0 Å². The molecule has 0 aliphatic carbocycles. The molecule has 0 bridgehead atoms. The van der Waals surface area contributed by atoms with E-state index in [4.69, 9.17) is 5.11 Å². The van der Waals surface area contributed by atoms with Crippen LogP contribution in [0.4, 0.5) is 0 Å². The monoisotopic (exact) mass is 239 g/mol. The van der Waals surface area contributed by atoms with Crippen LogP contribution in [-0.4, -0.2) is 45.9 Å². The van der Waals surface area contributed by atoms with Crippen LogP contribution in [-0.2, 0) is 13.0 Å². The third-order valence-corrected chi connectivity index (χ3v) is 2.71. The summed E-state index contributed by atoms with van der Waals surface area (Å²) in [6.07, 6.45) is 1.43. The number of carbonyl (C=O) groups excluding carboxylic acids is 1. The first-order valence-electron chi connectivity index (χ1n) is 6.07. The molecule has 17 heavy (non-hydrogen) atoms. The highest BCUT2D eigenvalue weighted by atomic mass is 16.3. The Morgan fingerprint density at radius 2 is 2.24 bits per heavy atom. The fourth-order valence-corrected chi connectivity index (χ4v) is 1.66. The van der Waals surface area contributed by atoms with Gasteiger partial charge in [-0.15, -0.1) is 0 Å². The Morgan fingerprint density at radius 1 is 1.53 bits per heavy atom. The summed E-state index contributed by atoms with van der Waals surface area (Å²) in [5.74, 6) is -0.0347. The van der Waals surface area contributed by atoms with Gasteiger partial charge in [0.1, 0.15) is 5.69 Å². The van der Waals surface area contributed by atoms with E-state index in [1.807, 2.05) is 19.9 Å². The Morgan fingerprint density at radius 3 is 2.76 bits per heavy atom. The second kappa shape index (κ2) is 6.39. The molecule has 0 saturated carbocycles. The number of aliphatic hydroxyl groups excluding tert-OH is 1. The van der Waals surface area contributed by atoms with Gasteiger partial charge >= 0.3 is 0 Å². The lowest BCUT2D eigenvalue weighted by Gasteiger charge is -2.16. The fourth-order valence-electron chi connectivity index (χ4n) is 1.66. The number of nitrogens with zero attached hydrogens (tertiary/aromatic N) is 3. The van der Waals surface area contributed by atoms with E-state index in [1.165, 1.54) is 0 Å². The summed E-state index contributed by atoms with van der Waals surface area (Å²) in [6.45, 7) is 5.34. The molecule has 0 spiro atoms. The summed E-state index contributed by atoms with van der Waals surface area (Å²) < 4.78 is 1.73. The van der Waals surface area contributed by atoms with Crippen molar-refractivity contribution in [3.05, 3.63) is 17.5 Å². The first-order valence-corrected chi connectivity index (χ1v) is 6.07. The quantitative estimate of drug-likeness (QED) is 0.803. The van der Waals surface area contributed by atoms with Crippen LogP contribution >= 0.6 is 0 Å². The Balaban J connectivity index is 2.83. The summed E-state index contributed by atoms with van der Waals surface area (Å²) in [5.41, 5.74) is 1.57. The second-order valence-corrected chi connectivity index (χ2v) is 3.99. The van der Waals surface area contributed by atoms with Gasteiger partial charge < -0.3 is 10.0 Å². The predicted molar refractivity (Wildman–Crippen MR) is 65.9 cm³/mol. The van der Waals surface area contributed by atoms with Crippen LogP contribution in [0.3, 0.4) is 0 Å². The zero-order valence-corrected chi connectivity index (χ0v) is 10.8. The minimum atomic E-state index is -0.0347. The highest BCUT2D eigenvalue weighted by Gasteiger charge is 2.17. The van der Waals surface area contributed by atoms with Crippen LogP contribution in [0.1, 0.15) is 36.5 Å². The van der Waals surface area contributed by atoms with Gasteiger partial charge in [0, 0.05) is 26.7 Å². The van der Waals surface area contributed by atoms with Crippen molar-refractivity contribution in [3.63, 3.8) is 0 Å². The van der Waals surface area contributed by atoms with Crippen molar-refractivity contribution >= 4 is 5.91 Å². The lowest BCUT2D eigenvalue weighted by atomic mass is 10.3. The first kappa shape index (κ1) is 13.7. The molecular formula is C12H21N3O2. The van der Waals surface area contributed by atoms with Gasteiger partial charge in [-0.1, -0.05) is 6.92 Å². The van der Waals surface area contributed by atoms with E-state index in [0.717, 1.165) is 12.1 Å². The molecule has 1 aromatic heterocycles. The Kier molecular flexibility index (Phi) is 5.15. The number of aryl methyl sites for hydroxylation is 2. The maximum Gasteiger partial charge on any atom is 0.271 e. The Hall–Kier alpha value is -1.36. The van der Waals surface area contributed by atoms with E-state index >= 15 is 0 Å². The molecule has 1 amide bonds. The molecule has 0 unspecified atom stereocenters. The van der Waals surface area contributed by atoms with E-state index in [2.05, 4.69) is 5.10 Å². The number of hydrogen-bond acceptors (Lipinski definition) is 3. The van der Waals surface area contributed by atoms with Crippen LogP contribution in [0, 0.1) is 0 Å². The summed E-state index contributed by atoms with van der Waals surface area (Å²) in [7, 11) is 1.75. The molecule has 5 nitrogen and oxygen atoms in total. The number of amides is 1. The average molecular weight is 239 g/mol. The number of hydrogen-bond donors (Lipinski definition) is 1. The Bertz CT molecular complexity index is 374. The molecule has 0 fully saturated rings. The maximum absolute atomic E-state index is 12.1. The lowest BCUT2D eigenvalue weighted by molar-refractivity contribution is 0.0774. The van der Waals surface area contributed by atoms with Crippen molar-refractivity contribution in [1.29, 1.82) is 0 Å². The molecule has 1 rings (SSSR count). The largest absolute Gasteiger partial charge is 0.396 e. The normalized spacial score (nSPS) is 10.6. The van der Waals surface area contributed by atoms with Crippen molar-refractivity contribution < 1.29 is 9.90 Å². The van der Waals surface area contributed by atoms with E-state index < -0.39 is 0 Å². The van der Waals surface area contributed by atoms with Crippen LogP contribution in [0.5, 0.6) is 0 Å². The van der Waals surface area contributed by atoms with Crippen molar-refractivity contribution in [3.8, 4) is 0 Å². The summed E-state index contributed by atoms with van der Waals surface area (Å²) in [4.78, 5) is 13.8. The van der Waals surface area contributed by atoms with Gasteiger partial charge in [-0.2, -0.15) is 5.10 Å². The summed E-state index contributed by atoms with van der Waals surface area (Å²) in [5, 5.41) is 13.1. The van der Waals surface area contributed by atoms with Crippen molar-refractivity contribution in [2.45, 2.75) is 33.2 Å². The third-order valence-electron chi connectivity index (χ3n) is 2.71. The van der Waals surface area contributed by atoms with E-state index in [0.29, 0.717) is 25.2 Å². The zero-order chi connectivity index (χ0) is 12.8. The smallest absolute Gasteiger partial charge is 0.271 e. The summed E-state index contributed by atoms with van der Waals surface area (Å²) >= 11 is 0. The number of aliphatic hydroxyl groups is 1. The van der Waals surface area contributed by atoms with Gasteiger partial charge in [-0.3, -0.25) is 9.48 Å². The minimum Gasteiger partial charge on any atom is -0.396 e. The highest BCUT2D eigenvalue weighted by molar-refractivity contribution is 5.92. The highest BCUT2D eigenvalue weighted by Crippen LogP contribution is 2.08. The molecule has 0 aromatic carbocycles. The molecule has 96 valence electrons. The van der Waals surface area contributed by atoms with Crippen molar-refractivity contribution in [1.82, 2.24) is 14.7 Å². The van der Waals surface area contributed by atoms with Crippen LogP contribution in [0.15, 0.2) is 6.07 Å². The lowest BCUT2D eigenvalue weighted by Crippen LogP contribution is -2.30. The number of aromatic nitrogens is 2. The molecule has 1 aromatic rings. The predicted octanol–water partition coefficient (Wildman–Crippen LogP) is 0.920. The van der Waals surface area contributed by atoms with E-state index in [9.17, 15) is 4.79 Å². The molecule has 0 radical (unpaired) electrons. The molecule has 0 aliphatic rings. The first-order chi connectivity index (χ1) is 8.13. The summed E-state index contributed by atoms with van der Waals surface area (Å²) in [6, 6.07) is 1.85. The topological polar surface area (TPSA) is 58.4 Å². The van der Waals surface area contributed by atoms with E-state index in [-0.39, 0.29) is 12.5 Å². The molecule has 0 atom stereocenters. The Labute approximate surface area is 102 Å². The average Bonchev–Trinajstić information content (AvgIpc) is 2.78. The SMILES string of the molecule is CCc1cc(C(=O)N(C)CCCO)n(CC)n1. The minimum absolute atomic E-state index is 0.0347.